The van der Waals surface area contributed by atoms with Gasteiger partial charge in [-0.05, 0) is 25.2 Å². The molecule has 21 heavy (non-hydrogen) atoms. The highest BCUT2D eigenvalue weighted by atomic mass is 16.5. The van der Waals surface area contributed by atoms with E-state index in [-0.39, 0.29) is 11.4 Å². The van der Waals surface area contributed by atoms with Crippen LogP contribution in [0, 0.1) is 23.2 Å². The summed E-state index contributed by atoms with van der Waals surface area (Å²) in [7, 11) is 0. The highest BCUT2D eigenvalue weighted by molar-refractivity contribution is 5.65. The number of hydrogen-bond donors (Lipinski definition) is 0. The van der Waals surface area contributed by atoms with Crippen LogP contribution in [-0.2, 0) is 14.3 Å². The Bertz CT molecular complexity index is 415. The molecule has 0 aromatic rings. The highest BCUT2D eigenvalue weighted by Gasteiger charge is 2.53. The summed E-state index contributed by atoms with van der Waals surface area (Å²) < 4.78 is 11.7. The van der Waals surface area contributed by atoms with Crippen LogP contribution < -0.4 is 0 Å². The summed E-state index contributed by atoms with van der Waals surface area (Å²) in [6.07, 6.45) is 6.27. The first kappa shape index (κ1) is 16.5. The van der Waals surface area contributed by atoms with E-state index in [0.717, 1.165) is 6.42 Å². The first-order valence-electron chi connectivity index (χ1n) is 8.35. The minimum absolute atomic E-state index is 0.0570. The zero-order valence-electron chi connectivity index (χ0n) is 14.1. The predicted molar refractivity (Wildman–Crippen MR) is 83.9 cm³/mol. The molecule has 1 heterocycles. The Balaban J connectivity index is 2.23. The molecule has 1 fully saturated rings. The fourth-order valence-corrected chi connectivity index (χ4v) is 4.29. The van der Waals surface area contributed by atoms with Crippen molar-refractivity contribution in [2.24, 2.45) is 23.2 Å². The van der Waals surface area contributed by atoms with Gasteiger partial charge in [-0.15, -0.1) is 0 Å². The maximum atomic E-state index is 11.2. The fraction of sp³-hybridized carbons (Fsp3) is 0.833. The van der Waals surface area contributed by atoms with Crippen molar-refractivity contribution >= 4 is 5.97 Å². The summed E-state index contributed by atoms with van der Waals surface area (Å²) in [6.45, 7) is 11.7. The molecule has 2 rings (SSSR count). The van der Waals surface area contributed by atoms with Crippen molar-refractivity contribution in [3.8, 4) is 0 Å². The van der Waals surface area contributed by atoms with Crippen molar-refractivity contribution in [1.82, 2.24) is 0 Å². The van der Waals surface area contributed by atoms with Crippen LogP contribution in [0.5, 0.6) is 0 Å². The van der Waals surface area contributed by atoms with E-state index in [9.17, 15) is 4.79 Å². The summed E-state index contributed by atoms with van der Waals surface area (Å²) in [5.74, 6) is 1.15. The number of rotatable bonds is 5. The molecule has 2 bridgehead atoms. The standard InChI is InChI=1S/C18H30O3/c1-6-7-8-16-17-12(2)9-13(3)18(11-21-16,14(17)4)10-20-15(5)19/h9,13-14,16-17H,6-8,10-11H2,1-5H3. The molecule has 5 unspecified atom stereocenters. The molecule has 5 atom stereocenters. The second-order valence-corrected chi connectivity index (χ2v) is 7.02. The largest absolute Gasteiger partial charge is 0.465 e. The van der Waals surface area contributed by atoms with Gasteiger partial charge in [0.15, 0.2) is 0 Å². The number of carbonyl (C=O) groups excluding carboxylic acids is 1. The summed E-state index contributed by atoms with van der Waals surface area (Å²) in [4.78, 5) is 11.2. The minimum atomic E-state index is -0.195. The molecule has 120 valence electrons. The third-order valence-corrected chi connectivity index (χ3v) is 5.74. The maximum absolute atomic E-state index is 11.2. The summed E-state index contributed by atoms with van der Waals surface area (Å²) >= 11 is 0. The molecule has 1 saturated heterocycles. The molecule has 0 spiro atoms. The molecule has 0 amide bonds. The lowest BCUT2D eigenvalue weighted by Gasteiger charge is -2.55. The molecule has 0 N–H and O–H groups in total. The Labute approximate surface area is 129 Å². The van der Waals surface area contributed by atoms with Gasteiger partial charge in [0.05, 0.1) is 19.3 Å². The van der Waals surface area contributed by atoms with Crippen LogP contribution in [0.25, 0.3) is 0 Å². The number of unbranched alkanes of at least 4 members (excludes halogenated alkanes) is 1. The quantitative estimate of drug-likeness (QED) is 0.568. The van der Waals surface area contributed by atoms with Gasteiger partial charge in [0.1, 0.15) is 0 Å². The van der Waals surface area contributed by atoms with E-state index in [1.165, 1.54) is 25.3 Å². The van der Waals surface area contributed by atoms with Gasteiger partial charge >= 0.3 is 5.97 Å². The Morgan fingerprint density at radius 3 is 2.81 bits per heavy atom. The van der Waals surface area contributed by atoms with Crippen LogP contribution in [0.1, 0.15) is 53.9 Å². The zero-order valence-corrected chi connectivity index (χ0v) is 14.1. The summed E-state index contributed by atoms with van der Waals surface area (Å²) in [5.41, 5.74) is 1.40. The number of hydrogen-bond acceptors (Lipinski definition) is 3. The molecule has 0 aromatic carbocycles. The fourth-order valence-electron chi connectivity index (χ4n) is 4.29. The third kappa shape index (κ3) is 3.03. The highest BCUT2D eigenvalue weighted by Crippen LogP contribution is 2.53. The lowest BCUT2D eigenvalue weighted by Crippen LogP contribution is -2.56. The molecular weight excluding hydrogens is 264 g/mol. The molecule has 0 saturated carbocycles. The Morgan fingerprint density at radius 1 is 1.48 bits per heavy atom. The Morgan fingerprint density at radius 2 is 2.19 bits per heavy atom. The van der Waals surface area contributed by atoms with Crippen LogP contribution in [-0.4, -0.2) is 25.3 Å². The van der Waals surface area contributed by atoms with Crippen molar-refractivity contribution in [3.05, 3.63) is 11.6 Å². The zero-order chi connectivity index (χ0) is 15.6. The number of ether oxygens (including phenoxy) is 2. The van der Waals surface area contributed by atoms with E-state index in [4.69, 9.17) is 9.47 Å². The van der Waals surface area contributed by atoms with Gasteiger partial charge in [0.25, 0.3) is 0 Å². The van der Waals surface area contributed by atoms with Gasteiger partial charge in [0.2, 0.25) is 0 Å². The van der Waals surface area contributed by atoms with Crippen molar-refractivity contribution in [2.75, 3.05) is 13.2 Å². The van der Waals surface area contributed by atoms with E-state index in [0.29, 0.717) is 37.1 Å². The lowest BCUT2D eigenvalue weighted by molar-refractivity contribution is -0.180. The van der Waals surface area contributed by atoms with Gasteiger partial charge in [-0.25, -0.2) is 0 Å². The van der Waals surface area contributed by atoms with Gasteiger partial charge in [-0.1, -0.05) is 45.3 Å². The minimum Gasteiger partial charge on any atom is -0.465 e. The number of fused-ring (bicyclic) bond motifs is 2. The molecular formula is C18H30O3. The molecule has 3 heteroatoms. The molecule has 2 aliphatic rings. The van der Waals surface area contributed by atoms with Crippen molar-refractivity contribution < 1.29 is 14.3 Å². The van der Waals surface area contributed by atoms with E-state index < -0.39 is 0 Å². The average Bonchev–Trinajstić information content (AvgIpc) is 2.42. The maximum Gasteiger partial charge on any atom is 0.302 e. The summed E-state index contributed by atoms with van der Waals surface area (Å²) in [6, 6.07) is 0. The van der Waals surface area contributed by atoms with Crippen molar-refractivity contribution in [3.63, 3.8) is 0 Å². The van der Waals surface area contributed by atoms with E-state index in [1.807, 2.05) is 0 Å². The smallest absolute Gasteiger partial charge is 0.302 e. The van der Waals surface area contributed by atoms with E-state index in [2.05, 4.69) is 33.8 Å². The Hall–Kier alpha value is -0.830. The lowest BCUT2D eigenvalue weighted by atomic mass is 9.56. The van der Waals surface area contributed by atoms with Gasteiger partial charge < -0.3 is 9.47 Å². The molecule has 1 aliphatic carbocycles. The van der Waals surface area contributed by atoms with Crippen LogP contribution in [0.15, 0.2) is 11.6 Å². The number of allylic oxidation sites excluding steroid dienone is 1. The number of carbonyl (C=O) groups is 1. The SMILES string of the molecule is CCCCC1OCC2(COC(C)=O)C(C)C=C(C)C1C2C. The second kappa shape index (κ2) is 6.51. The van der Waals surface area contributed by atoms with Gasteiger partial charge in [0, 0.05) is 18.3 Å². The first-order chi connectivity index (χ1) is 9.92. The average molecular weight is 294 g/mol. The van der Waals surface area contributed by atoms with Crippen LogP contribution >= 0.6 is 0 Å². The second-order valence-electron chi connectivity index (χ2n) is 7.02. The monoisotopic (exact) mass is 294 g/mol. The van der Waals surface area contributed by atoms with Gasteiger partial charge in [-0.3, -0.25) is 4.79 Å². The normalized spacial score (nSPS) is 38.8. The Kier molecular flexibility index (Phi) is 5.13. The molecule has 0 aromatic heterocycles. The van der Waals surface area contributed by atoms with Crippen LogP contribution in [0.2, 0.25) is 0 Å². The molecule has 1 aliphatic heterocycles. The van der Waals surface area contributed by atoms with Gasteiger partial charge in [-0.2, -0.15) is 0 Å². The van der Waals surface area contributed by atoms with Crippen LogP contribution in [0.4, 0.5) is 0 Å². The molecule has 3 nitrogen and oxygen atoms in total. The summed E-state index contributed by atoms with van der Waals surface area (Å²) in [5, 5.41) is 0. The number of esters is 1. The third-order valence-electron chi connectivity index (χ3n) is 5.74. The molecule has 0 radical (unpaired) electrons. The van der Waals surface area contributed by atoms with Crippen LogP contribution in [0.3, 0.4) is 0 Å². The van der Waals surface area contributed by atoms with Crippen molar-refractivity contribution in [1.29, 1.82) is 0 Å². The first-order valence-corrected chi connectivity index (χ1v) is 8.35. The van der Waals surface area contributed by atoms with Crippen molar-refractivity contribution in [2.45, 2.75) is 60.0 Å². The van der Waals surface area contributed by atoms with E-state index >= 15 is 0 Å². The van der Waals surface area contributed by atoms with E-state index in [1.54, 1.807) is 0 Å². The predicted octanol–water partition coefficient (Wildman–Crippen LogP) is 3.97. The topological polar surface area (TPSA) is 35.5 Å².